The predicted octanol–water partition coefficient (Wildman–Crippen LogP) is 5.04. The Morgan fingerprint density at radius 1 is 1.10 bits per heavy atom. The Bertz CT molecular complexity index is 1110. The number of ether oxygens (including phenoxy) is 1. The lowest BCUT2D eigenvalue weighted by atomic mass is 10.0. The molecule has 158 valence electrons. The molecule has 2 heterocycles. The number of nitrogens with one attached hydrogen (secondary N) is 1. The number of rotatable bonds is 5. The minimum Gasteiger partial charge on any atom is -0.450 e. The molecule has 0 saturated carbocycles. The minimum atomic E-state index is -0.945. The van der Waals surface area contributed by atoms with E-state index in [0.29, 0.717) is 30.4 Å². The van der Waals surface area contributed by atoms with Gasteiger partial charge < -0.3 is 14.5 Å². The zero-order chi connectivity index (χ0) is 21.3. The summed E-state index contributed by atoms with van der Waals surface area (Å²) in [7, 11) is -0.945. The molecule has 1 aliphatic heterocycles. The molecule has 1 unspecified atom stereocenters. The van der Waals surface area contributed by atoms with Crippen LogP contribution in [0.3, 0.4) is 0 Å². The summed E-state index contributed by atoms with van der Waals surface area (Å²) in [5.41, 5.74) is 5.34. The molecule has 0 aliphatic carbocycles. The third-order valence-electron chi connectivity index (χ3n) is 5.72. The highest BCUT2D eigenvalue weighted by Gasteiger charge is 2.22. The fourth-order valence-corrected chi connectivity index (χ4v) is 5.50. The maximum Gasteiger partial charge on any atom is 0.291 e. The first kappa shape index (κ1) is 20.8. The van der Waals surface area contributed by atoms with Gasteiger partial charge in [0.15, 0.2) is 5.76 Å². The van der Waals surface area contributed by atoms with Crippen LogP contribution >= 0.6 is 0 Å². The minimum absolute atomic E-state index is 0.182. The molecule has 3 aromatic rings. The molecule has 0 bridgehead atoms. The SMILES string of the molecule is Cc1ccc(C)c2c(C)c(C(=O)Nc3cccc(CS(=O)C4CCOCC4)c3)oc12. The number of furan rings is 1. The molecule has 1 N–H and O–H groups in total. The summed E-state index contributed by atoms with van der Waals surface area (Å²) in [5.74, 6) is 0.542. The molecular formula is C24H27NO4S. The van der Waals surface area contributed by atoms with Crippen LogP contribution in [0.4, 0.5) is 5.69 Å². The van der Waals surface area contributed by atoms with Crippen molar-refractivity contribution in [3.05, 3.63) is 64.4 Å². The van der Waals surface area contributed by atoms with Crippen molar-refractivity contribution in [2.45, 2.75) is 44.6 Å². The topological polar surface area (TPSA) is 68.5 Å². The molecule has 1 atom stereocenters. The first-order chi connectivity index (χ1) is 14.4. The Morgan fingerprint density at radius 3 is 2.57 bits per heavy atom. The quantitative estimate of drug-likeness (QED) is 0.622. The number of hydrogen-bond donors (Lipinski definition) is 1. The number of carbonyl (C=O) groups is 1. The first-order valence-electron chi connectivity index (χ1n) is 10.3. The summed E-state index contributed by atoms with van der Waals surface area (Å²) in [5, 5.41) is 4.12. The molecule has 0 spiro atoms. The lowest BCUT2D eigenvalue weighted by Crippen LogP contribution is -2.25. The monoisotopic (exact) mass is 425 g/mol. The molecule has 1 saturated heterocycles. The number of benzene rings is 2. The Labute approximate surface area is 179 Å². The van der Waals surface area contributed by atoms with E-state index in [-0.39, 0.29) is 11.2 Å². The largest absolute Gasteiger partial charge is 0.450 e. The average Bonchev–Trinajstić information content (AvgIpc) is 3.10. The van der Waals surface area contributed by atoms with Crippen molar-refractivity contribution in [1.82, 2.24) is 0 Å². The lowest BCUT2D eigenvalue weighted by Gasteiger charge is -2.21. The van der Waals surface area contributed by atoms with Crippen LogP contribution in [0, 0.1) is 20.8 Å². The third-order valence-corrected chi connectivity index (χ3v) is 7.56. The van der Waals surface area contributed by atoms with Crippen molar-refractivity contribution in [2.24, 2.45) is 0 Å². The summed E-state index contributed by atoms with van der Waals surface area (Å²) in [6.45, 7) is 7.29. The number of amides is 1. The van der Waals surface area contributed by atoms with Gasteiger partial charge in [0.25, 0.3) is 5.91 Å². The van der Waals surface area contributed by atoms with E-state index in [4.69, 9.17) is 9.15 Å². The van der Waals surface area contributed by atoms with E-state index in [1.165, 1.54) is 0 Å². The maximum atomic E-state index is 12.9. The fourth-order valence-electron chi connectivity index (χ4n) is 4.04. The zero-order valence-electron chi connectivity index (χ0n) is 17.6. The standard InChI is InChI=1S/C24H27NO4S/c1-15-7-8-16(2)22-21(15)17(3)23(29-22)24(26)25-19-6-4-5-18(13-19)14-30(27)20-9-11-28-12-10-20/h4-8,13,20H,9-12,14H2,1-3H3,(H,25,26). The van der Waals surface area contributed by atoms with Crippen molar-refractivity contribution in [3.63, 3.8) is 0 Å². The number of carbonyl (C=O) groups excluding carboxylic acids is 1. The molecule has 1 aliphatic rings. The molecule has 2 aromatic carbocycles. The number of anilines is 1. The van der Waals surface area contributed by atoms with Gasteiger partial charge in [-0.2, -0.15) is 0 Å². The molecule has 6 heteroatoms. The Morgan fingerprint density at radius 2 is 1.83 bits per heavy atom. The second kappa shape index (κ2) is 8.74. The Hall–Kier alpha value is -2.44. The van der Waals surface area contributed by atoms with Crippen LogP contribution < -0.4 is 5.32 Å². The van der Waals surface area contributed by atoms with Gasteiger partial charge in [0.1, 0.15) is 5.58 Å². The van der Waals surface area contributed by atoms with Crippen molar-refractivity contribution in [2.75, 3.05) is 18.5 Å². The van der Waals surface area contributed by atoms with Crippen LogP contribution in [-0.4, -0.2) is 28.6 Å². The van der Waals surface area contributed by atoms with Crippen molar-refractivity contribution < 1.29 is 18.2 Å². The summed E-state index contributed by atoms with van der Waals surface area (Å²) >= 11 is 0. The van der Waals surface area contributed by atoms with Crippen LogP contribution in [-0.2, 0) is 21.3 Å². The van der Waals surface area contributed by atoms with Gasteiger partial charge in [0.05, 0.1) is 0 Å². The second-order valence-electron chi connectivity index (χ2n) is 7.95. The molecule has 0 radical (unpaired) electrons. The summed E-state index contributed by atoms with van der Waals surface area (Å²) in [6, 6.07) is 11.6. The normalized spacial score (nSPS) is 16.0. The first-order valence-corrected chi connectivity index (χ1v) is 11.7. The van der Waals surface area contributed by atoms with Gasteiger partial charge in [0, 0.05) is 51.7 Å². The van der Waals surface area contributed by atoms with Gasteiger partial charge in [-0.3, -0.25) is 9.00 Å². The van der Waals surface area contributed by atoms with Gasteiger partial charge in [0.2, 0.25) is 0 Å². The van der Waals surface area contributed by atoms with E-state index in [9.17, 15) is 9.00 Å². The van der Waals surface area contributed by atoms with Crippen LogP contribution in [0.1, 0.15) is 45.7 Å². The number of aryl methyl sites for hydroxylation is 3. The number of fused-ring (bicyclic) bond motifs is 1. The van der Waals surface area contributed by atoms with E-state index in [0.717, 1.165) is 46.1 Å². The molecule has 4 rings (SSSR count). The van der Waals surface area contributed by atoms with Gasteiger partial charge >= 0.3 is 0 Å². The molecule has 30 heavy (non-hydrogen) atoms. The molecular weight excluding hydrogens is 398 g/mol. The summed E-state index contributed by atoms with van der Waals surface area (Å²) < 4.78 is 24.0. The third kappa shape index (κ3) is 4.20. The zero-order valence-corrected chi connectivity index (χ0v) is 18.4. The maximum absolute atomic E-state index is 12.9. The van der Waals surface area contributed by atoms with Gasteiger partial charge in [-0.05, 0) is 62.4 Å². The predicted molar refractivity (Wildman–Crippen MR) is 121 cm³/mol. The van der Waals surface area contributed by atoms with Crippen LogP contribution in [0.15, 0.2) is 40.8 Å². The molecule has 1 fully saturated rings. The fraction of sp³-hybridized carbons (Fsp3) is 0.375. The highest BCUT2D eigenvalue weighted by molar-refractivity contribution is 7.84. The molecule has 5 nitrogen and oxygen atoms in total. The smallest absolute Gasteiger partial charge is 0.291 e. The van der Waals surface area contributed by atoms with Crippen LogP contribution in [0.2, 0.25) is 0 Å². The van der Waals surface area contributed by atoms with Crippen LogP contribution in [0.5, 0.6) is 0 Å². The summed E-state index contributed by atoms with van der Waals surface area (Å²) in [6.07, 6.45) is 1.68. The van der Waals surface area contributed by atoms with Crippen molar-refractivity contribution in [3.8, 4) is 0 Å². The van der Waals surface area contributed by atoms with E-state index in [1.807, 2.05) is 57.2 Å². The van der Waals surface area contributed by atoms with E-state index in [1.54, 1.807) is 0 Å². The molecule has 1 amide bonds. The highest BCUT2D eigenvalue weighted by Crippen LogP contribution is 2.31. The van der Waals surface area contributed by atoms with Crippen molar-refractivity contribution >= 4 is 33.4 Å². The molecule has 1 aromatic heterocycles. The lowest BCUT2D eigenvalue weighted by molar-refractivity contribution is 0.0991. The average molecular weight is 426 g/mol. The van der Waals surface area contributed by atoms with E-state index >= 15 is 0 Å². The Kier molecular flexibility index (Phi) is 6.06. The van der Waals surface area contributed by atoms with Gasteiger partial charge in [-0.25, -0.2) is 0 Å². The summed E-state index contributed by atoms with van der Waals surface area (Å²) in [4.78, 5) is 12.9. The van der Waals surface area contributed by atoms with Crippen LogP contribution in [0.25, 0.3) is 11.0 Å². The second-order valence-corrected chi connectivity index (χ2v) is 9.67. The van der Waals surface area contributed by atoms with E-state index < -0.39 is 10.8 Å². The van der Waals surface area contributed by atoms with Gasteiger partial charge in [-0.15, -0.1) is 0 Å². The van der Waals surface area contributed by atoms with E-state index in [2.05, 4.69) is 5.32 Å². The van der Waals surface area contributed by atoms with Crippen molar-refractivity contribution in [1.29, 1.82) is 0 Å². The Balaban J connectivity index is 1.51. The highest BCUT2D eigenvalue weighted by atomic mass is 32.2. The number of hydrogen-bond acceptors (Lipinski definition) is 4. The van der Waals surface area contributed by atoms with Gasteiger partial charge in [-0.1, -0.05) is 24.3 Å².